The quantitative estimate of drug-likeness (QED) is 0.592. The van der Waals surface area contributed by atoms with Crippen LogP contribution >= 0.6 is 11.8 Å². The smallest absolute Gasteiger partial charge is 0.0166 e. The van der Waals surface area contributed by atoms with Gasteiger partial charge in [-0.3, -0.25) is 4.90 Å². The molecule has 0 aromatic heterocycles. The molecule has 1 unspecified atom stereocenters. The van der Waals surface area contributed by atoms with Crippen LogP contribution in [0.25, 0.3) is 0 Å². The molecule has 0 N–H and O–H groups in total. The van der Waals surface area contributed by atoms with Crippen molar-refractivity contribution >= 4 is 11.8 Å². The molecule has 0 bridgehead atoms. The Bertz CT molecular complexity index is 722. The molecular formula is C23H27NS. The number of fused-ring (bicyclic) bond motifs is 1. The molecule has 0 saturated carbocycles. The maximum absolute atomic E-state index is 3.92. The van der Waals surface area contributed by atoms with Crippen molar-refractivity contribution in [2.24, 2.45) is 0 Å². The van der Waals surface area contributed by atoms with Crippen LogP contribution < -0.4 is 0 Å². The van der Waals surface area contributed by atoms with Crippen LogP contribution in [0.4, 0.5) is 0 Å². The van der Waals surface area contributed by atoms with Crippen LogP contribution in [0.1, 0.15) is 23.1 Å². The Balaban J connectivity index is 1.83. The third kappa shape index (κ3) is 4.45. The monoisotopic (exact) mass is 349 g/mol. The highest BCUT2D eigenvalue weighted by Crippen LogP contribution is 2.36. The van der Waals surface area contributed by atoms with Gasteiger partial charge in [-0.05, 0) is 55.5 Å². The molecule has 130 valence electrons. The minimum Gasteiger partial charge on any atom is -0.293 e. The molecular weight excluding hydrogens is 322 g/mol. The van der Waals surface area contributed by atoms with Gasteiger partial charge in [0.2, 0.25) is 0 Å². The molecule has 2 aromatic rings. The van der Waals surface area contributed by atoms with E-state index in [1.54, 1.807) is 0 Å². The van der Waals surface area contributed by atoms with E-state index >= 15 is 0 Å². The van der Waals surface area contributed by atoms with E-state index in [1.165, 1.54) is 32.9 Å². The molecule has 1 atom stereocenters. The highest BCUT2D eigenvalue weighted by molar-refractivity contribution is 7.99. The Kier molecular flexibility index (Phi) is 6.17. The average molecular weight is 350 g/mol. The van der Waals surface area contributed by atoms with Crippen molar-refractivity contribution in [2.75, 3.05) is 13.1 Å². The van der Waals surface area contributed by atoms with E-state index in [0.717, 1.165) is 25.9 Å². The summed E-state index contributed by atoms with van der Waals surface area (Å²) < 4.78 is 0. The van der Waals surface area contributed by atoms with Gasteiger partial charge in [0, 0.05) is 28.9 Å². The normalized spacial score (nSPS) is 16.5. The molecule has 0 aliphatic heterocycles. The summed E-state index contributed by atoms with van der Waals surface area (Å²) in [6, 6.07) is 16.2. The fourth-order valence-corrected chi connectivity index (χ4v) is 4.59. The molecule has 0 amide bonds. The SMILES string of the molecule is C=CCN(CC=C)C1CCc2cccc(Sc3ccc(C)cc3)c2C1. The predicted molar refractivity (Wildman–Crippen MR) is 110 cm³/mol. The van der Waals surface area contributed by atoms with E-state index in [1.807, 2.05) is 23.9 Å². The fraction of sp³-hybridized carbons (Fsp3) is 0.304. The number of hydrogen-bond donors (Lipinski definition) is 0. The summed E-state index contributed by atoms with van der Waals surface area (Å²) >= 11 is 1.89. The van der Waals surface area contributed by atoms with E-state index in [9.17, 15) is 0 Å². The molecule has 1 aliphatic carbocycles. The standard InChI is InChI=1S/C23H27NS/c1-4-15-24(16-5-2)20-12-11-19-7-6-8-23(22(19)17-20)25-21-13-9-18(3)10-14-21/h4-10,13-14,20H,1-2,11-12,15-17H2,3H3. The Hall–Kier alpha value is -1.77. The molecule has 2 aromatic carbocycles. The van der Waals surface area contributed by atoms with E-state index in [4.69, 9.17) is 0 Å². The summed E-state index contributed by atoms with van der Waals surface area (Å²) in [5, 5.41) is 0. The summed E-state index contributed by atoms with van der Waals surface area (Å²) in [7, 11) is 0. The molecule has 0 radical (unpaired) electrons. The van der Waals surface area contributed by atoms with Crippen molar-refractivity contribution in [2.45, 2.75) is 42.0 Å². The molecule has 0 fully saturated rings. The lowest BCUT2D eigenvalue weighted by molar-refractivity contribution is 0.219. The second kappa shape index (κ2) is 8.55. The third-order valence-corrected chi connectivity index (χ3v) is 6.02. The van der Waals surface area contributed by atoms with Crippen molar-refractivity contribution in [3.63, 3.8) is 0 Å². The van der Waals surface area contributed by atoms with Crippen LogP contribution in [0.5, 0.6) is 0 Å². The van der Waals surface area contributed by atoms with Gasteiger partial charge in [0.05, 0.1) is 0 Å². The van der Waals surface area contributed by atoms with Crippen molar-refractivity contribution in [3.05, 3.63) is 84.5 Å². The lowest BCUT2D eigenvalue weighted by atomic mass is 9.87. The topological polar surface area (TPSA) is 3.24 Å². The number of aryl methyl sites for hydroxylation is 2. The Morgan fingerprint density at radius 3 is 2.48 bits per heavy atom. The molecule has 3 rings (SSSR count). The van der Waals surface area contributed by atoms with Gasteiger partial charge in [-0.2, -0.15) is 0 Å². The van der Waals surface area contributed by atoms with Gasteiger partial charge in [-0.25, -0.2) is 0 Å². The van der Waals surface area contributed by atoms with Crippen LogP contribution in [-0.4, -0.2) is 24.0 Å². The van der Waals surface area contributed by atoms with Gasteiger partial charge in [0.25, 0.3) is 0 Å². The molecule has 1 nitrogen and oxygen atoms in total. The zero-order valence-corrected chi connectivity index (χ0v) is 15.9. The van der Waals surface area contributed by atoms with Gasteiger partial charge in [0.1, 0.15) is 0 Å². The summed E-state index contributed by atoms with van der Waals surface area (Å²) in [5.41, 5.74) is 4.36. The lowest BCUT2D eigenvalue weighted by Crippen LogP contribution is -2.39. The van der Waals surface area contributed by atoms with Crippen LogP contribution in [0.15, 0.2) is 77.6 Å². The van der Waals surface area contributed by atoms with Gasteiger partial charge >= 0.3 is 0 Å². The maximum Gasteiger partial charge on any atom is 0.0166 e. The number of rotatable bonds is 7. The van der Waals surface area contributed by atoms with Crippen molar-refractivity contribution < 1.29 is 0 Å². The molecule has 2 heteroatoms. The van der Waals surface area contributed by atoms with Crippen LogP contribution in [0.2, 0.25) is 0 Å². The molecule has 1 aliphatic rings. The molecule has 25 heavy (non-hydrogen) atoms. The molecule has 0 saturated heterocycles. The zero-order chi connectivity index (χ0) is 17.6. The summed E-state index contributed by atoms with van der Waals surface area (Å²) in [5.74, 6) is 0. The highest BCUT2D eigenvalue weighted by Gasteiger charge is 2.25. The third-order valence-electron chi connectivity index (χ3n) is 4.91. The Labute approximate surface area is 156 Å². The summed E-state index contributed by atoms with van der Waals surface area (Å²) in [4.78, 5) is 5.22. The average Bonchev–Trinajstić information content (AvgIpc) is 2.63. The van der Waals surface area contributed by atoms with Gasteiger partial charge in [0.15, 0.2) is 0 Å². The van der Waals surface area contributed by atoms with Crippen molar-refractivity contribution in [1.29, 1.82) is 0 Å². The second-order valence-corrected chi connectivity index (χ2v) is 7.85. The summed E-state index contributed by atoms with van der Waals surface area (Å²) in [6.07, 6.45) is 7.50. The van der Waals surface area contributed by atoms with Crippen LogP contribution in [0, 0.1) is 6.92 Å². The van der Waals surface area contributed by atoms with E-state index in [0.29, 0.717) is 6.04 Å². The van der Waals surface area contributed by atoms with E-state index < -0.39 is 0 Å². The largest absolute Gasteiger partial charge is 0.293 e. The Morgan fingerprint density at radius 1 is 1.08 bits per heavy atom. The van der Waals surface area contributed by atoms with Gasteiger partial charge < -0.3 is 0 Å². The van der Waals surface area contributed by atoms with Gasteiger partial charge in [-0.15, -0.1) is 13.2 Å². The van der Waals surface area contributed by atoms with E-state index in [2.05, 4.69) is 67.4 Å². The maximum atomic E-state index is 3.92. The minimum atomic E-state index is 0.572. The first-order chi connectivity index (χ1) is 12.2. The lowest BCUT2D eigenvalue weighted by Gasteiger charge is -2.34. The van der Waals surface area contributed by atoms with Gasteiger partial charge in [-0.1, -0.05) is 53.7 Å². The van der Waals surface area contributed by atoms with Crippen LogP contribution in [0.3, 0.4) is 0 Å². The highest BCUT2D eigenvalue weighted by atomic mass is 32.2. The molecule has 0 spiro atoms. The first kappa shape index (κ1) is 18.0. The molecule has 0 heterocycles. The zero-order valence-electron chi connectivity index (χ0n) is 15.1. The Morgan fingerprint density at radius 2 is 1.80 bits per heavy atom. The second-order valence-electron chi connectivity index (χ2n) is 6.74. The fourth-order valence-electron chi connectivity index (χ4n) is 3.58. The van der Waals surface area contributed by atoms with E-state index in [-0.39, 0.29) is 0 Å². The number of benzene rings is 2. The van der Waals surface area contributed by atoms with Crippen LogP contribution in [-0.2, 0) is 12.8 Å². The first-order valence-corrected chi connectivity index (χ1v) is 9.84. The number of nitrogens with zero attached hydrogens (tertiary/aromatic N) is 1. The number of hydrogen-bond acceptors (Lipinski definition) is 2. The predicted octanol–water partition coefficient (Wildman–Crippen LogP) is 5.68. The first-order valence-electron chi connectivity index (χ1n) is 9.02. The van der Waals surface area contributed by atoms with Crippen molar-refractivity contribution in [3.8, 4) is 0 Å². The van der Waals surface area contributed by atoms with Crippen molar-refractivity contribution in [1.82, 2.24) is 4.90 Å². The summed E-state index contributed by atoms with van der Waals surface area (Å²) in [6.45, 7) is 11.8. The minimum absolute atomic E-state index is 0.572.